The zero-order chi connectivity index (χ0) is 17.1. The van der Waals surface area contributed by atoms with Gasteiger partial charge in [-0.15, -0.1) is 0 Å². The third kappa shape index (κ3) is 2.73. The van der Waals surface area contributed by atoms with E-state index in [-0.39, 0.29) is 0 Å². The second kappa shape index (κ2) is 6.52. The Morgan fingerprint density at radius 2 is 1.96 bits per heavy atom. The third-order valence-electron chi connectivity index (χ3n) is 4.04. The summed E-state index contributed by atoms with van der Waals surface area (Å²) in [5.74, 6) is 7.17. The molecule has 2 aromatic carbocycles. The molecule has 0 saturated carbocycles. The van der Waals surface area contributed by atoms with E-state index in [9.17, 15) is 5.26 Å². The Bertz CT molecular complexity index is 1010. The Morgan fingerprint density at radius 1 is 1.12 bits per heavy atom. The maximum atomic E-state index is 9.63. The van der Waals surface area contributed by atoms with E-state index in [1.807, 2.05) is 49.4 Å². The quantitative estimate of drug-likeness (QED) is 0.663. The molecule has 0 bridgehead atoms. The van der Waals surface area contributed by atoms with Gasteiger partial charge < -0.3 is 9.30 Å². The van der Waals surface area contributed by atoms with Crippen molar-refractivity contribution in [2.75, 3.05) is 7.11 Å². The summed E-state index contributed by atoms with van der Waals surface area (Å²) in [5, 5.41) is 10.5. The van der Waals surface area contributed by atoms with E-state index < -0.39 is 0 Å². The van der Waals surface area contributed by atoms with Gasteiger partial charge in [-0.3, -0.25) is 0 Å². The number of methoxy groups -OCH3 is 1. The zero-order valence-electron chi connectivity index (χ0n) is 14.1. The van der Waals surface area contributed by atoms with Crippen LogP contribution in [0.5, 0.6) is 5.75 Å². The lowest BCUT2D eigenvalue weighted by molar-refractivity contribution is 0.415. The average molecular weight is 314 g/mol. The first-order chi connectivity index (χ1) is 11.7. The first-order valence-electron chi connectivity index (χ1n) is 7.87. The minimum atomic E-state index is 0.620. The molecule has 0 amide bonds. The van der Waals surface area contributed by atoms with Crippen LogP contribution in [-0.2, 0) is 6.54 Å². The lowest BCUT2D eigenvalue weighted by Crippen LogP contribution is -1.98. The van der Waals surface area contributed by atoms with Crippen molar-refractivity contribution in [1.82, 2.24) is 4.57 Å². The van der Waals surface area contributed by atoms with Gasteiger partial charge in [-0.1, -0.05) is 18.1 Å². The molecule has 0 N–H and O–H groups in total. The van der Waals surface area contributed by atoms with Crippen molar-refractivity contribution in [3.05, 3.63) is 64.8 Å². The lowest BCUT2D eigenvalue weighted by atomic mass is 10.1. The number of benzene rings is 2. The van der Waals surface area contributed by atoms with Crippen molar-refractivity contribution >= 4 is 10.9 Å². The molecule has 3 rings (SSSR count). The topological polar surface area (TPSA) is 38.0 Å². The number of hydrogen-bond acceptors (Lipinski definition) is 2. The molecule has 0 aliphatic carbocycles. The number of rotatable bonds is 2. The predicted molar refractivity (Wildman–Crippen MR) is 96.0 cm³/mol. The van der Waals surface area contributed by atoms with Gasteiger partial charge in [0, 0.05) is 23.6 Å². The van der Waals surface area contributed by atoms with Crippen molar-refractivity contribution < 1.29 is 4.74 Å². The molecule has 0 fully saturated rings. The van der Waals surface area contributed by atoms with Crippen molar-refractivity contribution in [2.24, 2.45) is 0 Å². The first-order valence-corrected chi connectivity index (χ1v) is 7.87. The molecule has 1 heterocycles. The number of fused-ring (bicyclic) bond motifs is 1. The summed E-state index contributed by atoms with van der Waals surface area (Å²) in [7, 11) is 1.64. The van der Waals surface area contributed by atoms with Crippen LogP contribution in [0.4, 0.5) is 0 Å². The molecule has 0 aliphatic heterocycles. The second-order valence-corrected chi connectivity index (χ2v) is 5.58. The number of aryl methyl sites for hydroxylation is 2. The van der Waals surface area contributed by atoms with E-state index in [2.05, 4.69) is 29.4 Å². The molecule has 1 aromatic heterocycles. The summed E-state index contributed by atoms with van der Waals surface area (Å²) in [5.41, 5.74) is 4.47. The van der Waals surface area contributed by atoms with Crippen LogP contribution in [-0.4, -0.2) is 11.7 Å². The van der Waals surface area contributed by atoms with Crippen LogP contribution in [0.3, 0.4) is 0 Å². The standard InChI is InChI=1S/C21H18N2O/c1-4-23-20(11-8-16-7-5-6-15(2)12-16)19(14-22)18-10-9-17(24-3)13-21(18)23/h5-7,9-10,12-13H,4H2,1-3H3. The lowest BCUT2D eigenvalue weighted by Gasteiger charge is -2.04. The Labute approximate surface area is 142 Å². The molecule has 0 atom stereocenters. The van der Waals surface area contributed by atoms with E-state index in [0.717, 1.165) is 34.5 Å². The Kier molecular flexibility index (Phi) is 4.27. The highest BCUT2D eigenvalue weighted by Gasteiger charge is 2.15. The van der Waals surface area contributed by atoms with Crippen LogP contribution in [0.2, 0.25) is 0 Å². The minimum Gasteiger partial charge on any atom is -0.497 e. The van der Waals surface area contributed by atoms with Crippen LogP contribution in [0, 0.1) is 30.1 Å². The number of ether oxygens (including phenoxy) is 1. The summed E-state index contributed by atoms with van der Waals surface area (Å²) < 4.78 is 7.38. The molecule has 3 heteroatoms. The number of aromatic nitrogens is 1. The molecule has 0 radical (unpaired) electrons. The van der Waals surface area contributed by atoms with Crippen LogP contribution in [0.15, 0.2) is 42.5 Å². The van der Waals surface area contributed by atoms with Gasteiger partial charge in [-0.2, -0.15) is 5.26 Å². The summed E-state index contributed by atoms with van der Waals surface area (Å²) in [6.07, 6.45) is 0. The van der Waals surface area contributed by atoms with Gasteiger partial charge in [0.2, 0.25) is 0 Å². The van der Waals surface area contributed by atoms with Gasteiger partial charge in [0.25, 0.3) is 0 Å². The fourth-order valence-corrected chi connectivity index (χ4v) is 2.88. The second-order valence-electron chi connectivity index (χ2n) is 5.58. The van der Waals surface area contributed by atoms with Crippen molar-refractivity contribution in [3.63, 3.8) is 0 Å². The summed E-state index contributed by atoms with van der Waals surface area (Å²) in [6, 6.07) is 16.1. The Hall–Kier alpha value is -3.17. The molecule has 24 heavy (non-hydrogen) atoms. The van der Waals surface area contributed by atoms with Gasteiger partial charge in [0.15, 0.2) is 0 Å². The van der Waals surface area contributed by atoms with E-state index >= 15 is 0 Å². The molecule has 0 spiro atoms. The van der Waals surface area contributed by atoms with E-state index in [0.29, 0.717) is 5.56 Å². The maximum Gasteiger partial charge on any atom is 0.120 e. The van der Waals surface area contributed by atoms with Gasteiger partial charge in [0.05, 0.1) is 18.2 Å². The van der Waals surface area contributed by atoms with Gasteiger partial charge >= 0.3 is 0 Å². The maximum absolute atomic E-state index is 9.63. The first kappa shape index (κ1) is 15.7. The highest BCUT2D eigenvalue weighted by atomic mass is 16.5. The van der Waals surface area contributed by atoms with E-state index in [1.54, 1.807) is 7.11 Å². The number of hydrogen-bond donors (Lipinski definition) is 0. The number of nitriles is 1. The van der Waals surface area contributed by atoms with Crippen LogP contribution in [0.1, 0.15) is 29.3 Å². The molecule has 0 aliphatic rings. The van der Waals surface area contributed by atoms with Crippen LogP contribution < -0.4 is 4.74 Å². The van der Waals surface area contributed by atoms with Gasteiger partial charge in [-0.25, -0.2) is 0 Å². The van der Waals surface area contributed by atoms with E-state index in [1.165, 1.54) is 5.56 Å². The number of nitrogens with zero attached hydrogens (tertiary/aromatic N) is 2. The van der Waals surface area contributed by atoms with Gasteiger partial charge in [0.1, 0.15) is 17.5 Å². The fraction of sp³-hybridized carbons (Fsp3) is 0.190. The van der Waals surface area contributed by atoms with Crippen molar-refractivity contribution in [1.29, 1.82) is 5.26 Å². The Balaban J connectivity index is 2.22. The predicted octanol–water partition coefficient (Wildman–Crippen LogP) is 4.25. The highest BCUT2D eigenvalue weighted by Crippen LogP contribution is 2.28. The smallest absolute Gasteiger partial charge is 0.120 e. The Morgan fingerprint density at radius 3 is 2.62 bits per heavy atom. The largest absolute Gasteiger partial charge is 0.497 e. The highest BCUT2D eigenvalue weighted by molar-refractivity contribution is 5.90. The molecule has 0 unspecified atom stereocenters. The van der Waals surface area contributed by atoms with Crippen molar-refractivity contribution in [2.45, 2.75) is 20.4 Å². The summed E-state index contributed by atoms with van der Waals surface area (Å²) in [6.45, 7) is 4.84. The normalized spacial score (nSPS) is 10.1. The molecular weight excluding hydrogens is 296 g/mol. The SMILES string of the molecule is CCn1c(C#Cc2cccc(C)c2)c(C#N)c2ccc(OC)cc21. The van der Waals surface area contributed by atoms with Crippen LogP contribution in [0.25, 0.3) is 10.9 Å². The summed E-state index contributed by atoms with van der Waals surface area (Å²) in [4.78, 5) is 0. The fourth-order valence-electron chi connectivity index (χ4n) is 2.88. The average Bonchev–Trinajstić information content (AvgIpc) is 2.91. The minimum absolute atomic E-state index is 0.620. The van der Waals surface area contributed by atoms with Crippen LogP contribution >= 0.6 is 0 Å². The monoisotopic (exact) mass is 314 g/mol. The zero-order valence-corrected chi connectivity index (χ0v) is 14.1. The van der Waals surface area contributed by atoms with Crippen molar-refractivity contribution in [3.8, 4) is 23.7 Å². The molecule has 3 aromatic rings. The molecule has 3 nitrogen and oxygen atoms in total. The molecule has 0 saturated heterocycles. The molecular formula is C21H18N2O. The third-order valence-corrected chi connectivity index (χ3v) is 4.04. The molecule has 118 valence electrons. The summed E-state index contributed by atoms with van der Waals surface area (Å²) >= 11 is 0. The van der Waals surface area contributed by atoms with Gasteiger partial charge in [-0.05, 0) is 49.6 Å². The van der Waals surface area contributed by atoms with E-state index in [4.69, 9.17) is 4.74 Å².